The maximum absolute atomic E-state index is 14.2. The quantitative estimate of drug-likeness (QED) is 0.559. The van der Waals surface area contributed by atoms with E-state index in [1.807, 2.05) is 24.3 Å². The molecular formula is C17H12F2N6S. The number of aromatic nitrogens is 6. The van der Waals surface area contributed by atoms with Crippen LogP contribution in [-0.2, 0) is 6.54 Å². The molecular weight excluding hydrogens is 358 g/mol. The third kappa shape index (κ3) is 3.04. The average Bonchev–Trinajstić information content (AvgIpc) is 3.28. The zero-order valence-electron chi connectivity index (χ0n) is 13.3. The summed E-state index contributed by atoms with van der Waals surface area (Å²) in [5.74, 6) is -0.925. The summed E-state index contributed by atoms with van der Waals surface area (Å²) in [6, 6.07) is 10.7. The number of aromatic amines is 1. The third-order valence-electron chi connectivity index (χ3n) is 3.85. The van der Waals surface area contributed by atoms with E-state index >= 15 is 0 Å². The van der Waals surface area contributed by atoms with Gasteiger partial charge in [0.2, 0.25) is 0 Å². The van der Waals surface area contributed by atoms with Gasteiger partial charge in [-0.2, -0.15) is 10.2 Å². The molecule has 0 saturated carbocycles. The van der Waals surface area contributed by atoms with Gasteiger partial charge in [0.25, 0.3) is 0 Å². The maximum atomic E-state index is 14.2. The Morgan fingerprint density at radius 2 is 1.88 bits per heavy atom. The number of nitrogens with zero attached hydrogens (tertiary/aromatic N) is 5. The molecule has 2 aromatic heterocycles. The number of halogens is 2. The molecule has 1 N–H and O–H groups in total. The normalized spacial score (nSPS) is 11.0. The van der Waals surface area contributed by atoms with Crippen molar-refractivity contribution < 1.29 is 8.78 Å². The fraction of sp³-hybridized carbons (Fsp3) is 0.0588. The van der Waals surface area contributed by atoms with Gasteiger partial charge in [0.05, 0.1) is 12.1 Å². The molecule has 9 heteroatoms. The van der Waals surface area contributed by atoms with Crippen molar-refractivity contribution in [1.29, 1.82) is 0 Å². The lowest BCUT2D eigenvalue weighted by molar-refractivity contribution is 0.601. The first-order valence-corrected chi connectivity index (χ1v) is 8.07. The number of hydrogen-bond donors (Lipinski definition) is 1. The van der Waals surface area contributed by atoms with Gasteiger partial charge < -0.3 is 0 Å². The van der Waals surface area contributed by atoms with Gasteiger partial charge in [-0.15, -0.1) is 0 Å². The van der Waals surface area contributed by atoms with Crippen molar-refractivity contribution in [2.24, 2.45) is 0 Å². The van der Waals surface area contributed by atoms with E-state index in [2.05, 4.69) is 20.3 Å². The lowest BCUT2D eigenvalue weighted by atomic mass is 10.1. The Hall–Kier alpha value is -3.20. The summed E-state index contributed by atoms with van der Waals surface area (Å²) in [4.78, 5) is 3.90. The van der Waals surface area contributed by atoms with Gasteiger partial charge in [-0.1, -0.05) is 12.1 Å². The largest absolute Gasteiger partial charge is 0.268 e. The minimum atomic E-state index is -0.579. The Morgan fingerprint density at radius 3 is 2.62 bits per heavy atom. The number of rotatable bonds is 4. The molecule has 0 fully saturated rings. The maximum Gasteiger partial charge on any atom is 0.200 e. The van der Waals surface area contributed by atoms with Gasteiger partial charge in [0.1, 0.15) is 24.3 Å². The zero-order valence-corrected chi connectivity index (χ0v) is 14.1. The molecule has 2 aromatic carbocycles. The van der Waals surface area contributed by atoms with E-state index in [1.165, 1.54) is 6.33 Å². The standard InChI is InChI=1S/C17H12F2N6S/c18-12-3-6-15(19)14(7-12)16-22-23-17(26)25(16)13-4-1-11(2-5-13)8-24-10-20-9-21-24/h1-7,9-10H,8H2,(H,23,26). The van der Waals surface area contributed by atoms with Crippen molar-refractivity contribution in [2.75, 3.05) is 0 Å². The topological polar surface area (TPSA) is 64.3 Å². The zero-order chi connectivity index (χ0) is 18.1. The molecule has 0 aliphatic heterocycles. The average molecular weight is 370 g/mol. The number of H-pyrrole nitrogens is 1. The van der Waals surface area contributed by atoms with E-state index in [9.17, 15) is 8.78 Å². The van der Waals surface area contributed by atoms with E-state index < -0.39 is 11.6 Å². The van der Waals surface area contributed by atoms with Crippen LogP contribution < -0.4 is 0 Å². The van der Waals surface area contributed by atoms with Gasteiger partial charge in [-0.05, 0) is 48.1 Å². The minimum Gasteiger partial charge on any atom is -0.268 e. The number of nitrogens with one attached hydrogen (secondary N) is 1. The highest BCUT2D eigenvalue weighted by molar-refractivity contribution is 7.71. The predicted molar refractivity (Wildman–Crippen MR) is 93.2 cm³/mol. The third-order valence-corrected chi connectivity index (χ3v) is 4.12. The smallest absolute Gasteiger partial charge is 0.200 e. The van der Waals surface area contributed by atoms with Gasteiger partial charge >= 0.3 is 0 Å². The lowest BCUT2D eigenvalue weighted by Gasteiger charge is -2.09. The Bertz CT molecular complexity index is 1100. The second-order valence-corrected chi connectivity index (χ2v) is 5.96. The van der Waals surface area contributed by atoms with Crippen LogP contribution in [0.2, 0.25) is 0 Å². The molecule has 26 heavy (non-hydrogen) atoms. The Morgan fingerprint density at radius 1 is 1.08 bits per heavy atom. The summed E-state index contributed by atoms with van der Waals surface area (Å²) < 4.78 is 31.3. The Balaban J connectivity index is 1.73. The highest BCUT2D eigenvalue weighted by Gasteiger charge is 2.15. The number of hydrogen-bond acceptors (Lipinski definition) is 4. The van der Waals surface area contributed by atoms with Crippen LogP contribution >= 0.6 is 12.2 Å². The van der Waals surface area contributed by atoms with E-state index in [0.29, 0.717) is 12.2 Å². The fourth-order valence-electron chi connectivity index (χ4n) is 2.64. The Kier molecular flexibility index (Phi) is 4.13. The van der Waals surface area contributed by atoms with Crippen LogP contribution in [0, 0.1) is 16.4 Å². The minimum absolute atomic E-state index is 0.0315. The first-order chi connectivity index (χ1) is 12.6. The number of benzene rings is 2. The van der Waals surface area contributed by atoms with Crippen molar-refractivity contribution in [1.82, 2.24) is 29.5 Å². The molecule has 6 nitrogen and oxygen atoms in total. The van der Waals surface area contributed by atoms with Gasteiger partial charge in [0, 0.05) is 5.69 Å². The molecule has 0 saturated heterocycles. The first-order valence-electron chi connectivity index (χ1n) is 7.66. The van der Waals surface area contributed by atoms with E-state index in [-0.39, 0.29) is 16.2 Å². The molecule has 0 spiro atoms. The molecule has 0 unspecified atom stereocenters. The molecule has 4 aromatic rings. The molecule has 2 heterocycles. The molecule has 0 atom stereocenters. The summed E-state index contributed by atoms with van der Waals surface area (Å²) in [6.45, 7) is 0.572. The van der Waals surface area contributed by atoms with Crippen LogP contribution in [0.15, 0.2) is 55.1 Å². The summed E-state index contributed by atoms with van der Waals surface area (Å²) in [6.07, 6.45) is 3.10. The summed E-state index contributed by atoms with van der Waals surface area (Å²) in [5, 5.41) is 10.8. The van der Waals surface area contributed by atoms with Gasteiger partial charge in [-0.3, -0.25) is 9.67 Å². The van der Waals surface area contributed by atoms with Crippen molar-refractivity contribution in [3.63, 3.8) is 0 Å². The second kappa shape index (κ2) is 6.60. The molecule has 0 radical (unpaired) electrons. The molecule has 130 valence electrons. The predicted octanol–water partition coefficient (Wildman–Crippen LogP) is 3.51. The second-order valence-electron chi connectivity index (χ2n) is 5.57. The fourth-order valence-corrected chi connectivity index (χ4v) is 2.88. The van der Waals surface area contributed by atoms with Crippen LogP contribution in [-0.4, -0.2) is 29.5 Å². The van der Waals surface area contributed by atoms with E-state index in [4.69, 9.17) is 12.2 Å². The van der Waals surface area contributed by atoms with Crippen LogP contribution in [0.4, 0.5) is 8.78 Å². The van der Waals surface area contributed by atoms with Crippen LogP contribution in [0.5, 0.6) is 0 Å². The lowest BCUT2D eigenvalue weighted by Crippen LogP contribution is -2.02. The van der Waals surface area contributed by atoms with E-state index in [0.717, 1.165) is 23.8 Å². The van der Waals surface area contributed by atoms with Crippen LogP contribution in [0.3, 0.4) is 0 Å². The molecule has 0 aliphatic carbocycles. The van der Waals surface area contributed by atoms with Crippen LogP contribution in [0.1, 0.15) is 5.56 Å². The Labute approximate surface area is 151 Å². The highest BCUT2D eigenvalue weighted by atomic mass is 32.1. The monoisotopic (exact) mass is 370 g/mol. The van der Waals surface area contributed by atoms with Gasteiger partial charge in [0.15, 0.2) is 10.6 Å². The summed E-state index contributed by atoms with van der Waals surface area (Å²) >= 11 is 5.26. The SMILES string of the molecule is Fc1ccc(F)c(-c2n[nH]c(=S)n2-c2ccc(Cn3cncn3)cc2)c1. The molecule has 0 bridgehead atoms. The molecule has 0 aliphatic rings. The molecule has 4 rings (SSSR count). The van der Waals surface area contributed by atoms with E-state index in [1.54, 1.807) is 15.6 Å². The van der Waals surface area contributed by atoms with Crippen molar-refractivity contribution >= 4 is 12.2 Å². The van der Waals surface area contributed by atoms with Crippen molar-refractivity contribution in [3.8, 4) is 17.1 Å². The summed E-state index contributed by atoms with van der Waals surface area (Å²) in [7, 11) is 0. The van der Waals surface area contributed by atoms with Gasteiger partial charge in [-0.25, -0.2) is 18.4 Å². The first kappa shape index (κ1) is 16.3. The van der Waals surface area contributed by atoms with Crippen molar-refractivity contribution in [3.05, 3.63) is 77.1 Å². The molecule has 0 amide bonds. The van der Waals surface area contributed by atoms with Crippen molar-refractivity contribution in [2.45, 2.75) is 6.54 Å². The summed E-state index contributed by atoms with van der Waals surface area (Å²) in [5.41, 5.74) is 1.72. The highest BCUT2D eigenvalue weighted by Crippen LogP contribution is 2.25. The van der Waals surface area contributed by atoms with Crippen LogP contribution in [0.25, 0.3) is 17.1 Å².